The van der Waals surface area contributed by atoms with E-state index in [2.05, 4.69) is 23.7 Å². The lowest BCUT2D eigenvalue weighted by atomic mass is 10.0. The Morgan fingerprint density at radius 1 is 1.43 bits per heavy atom. The van der Waals surface area contributed by atoms with Crippen molar-refractivity contribution < 1.29 is 4.42 Å². The molecule has 0 saturated heterocycles. The van der Waals surface area contributed by atoms with Gasteiger partial charge in [0.05, 0.1) is 18.6 Å². The Hall–Kier alpha value is -1.06. The van der Waals surface area contributed by atoms with Gasteiger partial charge in [0.15, 0.2) is 0 Å². The van der Waals surface area contributed by atoms with Crippen molar-refractivity contribution >= 4 is 11.3 Å². The number of hydrogen-bond donors (Lipinski definition) is 1. The fraction of sp³-hybridized carbons (Fsp3) is 0.273. The van der Waals surface area contributed by atoms with Crippen LogP contribution in [0.5, 0.6) is 0 Å². The van der Waals surface area contributed by atoms with Crippen LogP contribution in [0, 0.1) is 6.92 Å². The van der Waals surface area contributed by atoms with Crippen LogP contribution >= 0.6 is 11.3 Å². The standard InChI is InChI=1S/C11H13NOS/c1-8-5-10(7-14-8)11(12-2)9-3-4-13-6-9/h3-7,11-12H,1-2H3. The van der Waals surface area contributed by atoms with E-state index in [1.54, 1.807) is 23.9 Å². The SMILES string of the molecule is CNC(c1ccoc1)c1csc(C)c1. The van der Waals surface area contributed by atoms with Crippen LogP contribution in [0.1, 0.15) is 22.0 Å². The molecule has 2 heterocycles. The summed E-state index contributed by atoms with van der Waals surface area (Å²) in [5, 5.41) is 5.46. The Labute approximate surface area is 87.6 Å². The molecule has 0 bridgehead atoms. The average Bonchev–Trinajstić information content (AvgIpc) is 2.79. The van der Waals surface area contributed by atoms with Crippen LogP contribution in [0.3, 0.4) is 0 Å². The normalized spacial score (nSPS) is 13.0. The highest BCUT2D eigenvalue weighted by Gasteiger charge is 2.13. The van der Waals surface area contributed by atoms with Crippen molar-refractivity contribution in [3.05, 3.63) is 46.0 Å². The maximum atomic E-state index is 5.09. The summed E-state index contributed by atoms with van der Waals surface area (Å²) in [6, 6.07) is 4.45. The molecule has 74 valence electrons. The second kappa shape index (κ2) is 3.98. The lowest BCUT2D eigenvalue weighted by molar-refractivity contribution is 0.557. The first-order valence-electron chi connectivity index (χ1n) is 4.55. The molecule has 0 aliphatic heterocycles. The molecule has 2 aromatic rings. The Balaban J connectivity index is 2.31. The molecule has 0 radical (unpaired) electrons. The highest BCUT2D eigenvalue weighted by atomic mass is 32.1. The first-order chi connectivity index (χ1) is 6.81. The summed E-state index contributed by atoms with van der Waals surface area (Å²) in [6.07, 6.45) is 3.49. The van der Waals surface area contributed by atoms with Gasteiger partial charge in [-0.1, -0.05) is 0 Å². The van der Waals surface area contributed by atoms with Crippen LogP contribution in [-0.4, -0.2) is 7.05 Å². The first kappa shape index (κ1) is 9.49. The van der Waals surface area contributed by atoms with Gasteiger partial charge in [0.25, 0.3) is 0 Å². The highest BCUT2D eigenvalue weighted by molar-refractivity contribution is 7.10. The highest BCUT2D eigenvalue weighted by Crippen LogP contribution is 2.25. The third-order valence-corrected chi connectivity index (χ3v) is 3.13. The first-order valence-corrected chi connectivity index (χ1v) is 5.43. The van der Waals surface area contributed by atoms with Crippen LogP contribution in [0.15, 0.2) is 34.5 Å². The minimum absolute atomic E-state index is 0.249. The third-order valence-electron chi connectivity index (χ3n) is 2.25. The van der Waals surface area contributed by atoms with Crippen LogP contribution < -0.4 is 5.32 Å². The summed E-state index contributed by atoms with van der Waals surface area (Å²) in [5.41, 5.74) is 2.47. The molecule has 14 heavy (non-hydrogen) atoms. The van der Waals surface area contributed by atoms with Gasteiger partial charge in [-0.05, 0) is 37.0 Å². The molecular weight excluding hydrogens is 194 g/mol. The lowest BCUT2D eigenvalue weighted by Crippen LogP contribution is -2.16. The van der Waals surface area contributed by atoms with E-state index in [-0.39, 0.29) is 6.04 Å². The zero-order valence-electron chi connectivity index (χ0n) is 8.28. The molecule has 0 saturated carbocycles. The number of aryl methyl sites for hydroxylation is 1. The van der Waals surface area contributed by atoms with Gasteiger partial charge in [0, 0.05) is 10.4 Å². The summed E-state index contributed by atoms with van der Waals surface area (Å²) < 4.78 is 5.09. The van der Waals surface area contributed by atoms with Gasteiger partial charge in [0.2, 0.25) is 0 Å². The topological polar surface area (TPSA) is 25.2 Å². The zero-order valence-corrected chi connectivity index (χ0v) is 9.10. The Kier molecular flexibility index (Phi) is 2.70. The third kappa shape index (κ3) is 1.74. The fourth-order valence-corrected chi connectivity index (χ4v) is 2.31. The average molecular weight is 207 g/mol. The molecule has 0 fully saturated rings. The number of furan rings is 1. The molecule has 2 rings (SSSR count). The predicted octanol–water partition coefficient (Wildman–Crippen LogP) is 2.96. The van der Waals surface area contributed by atoms with Gasteiger partial charge in [-0.15, -0.1) is 11.3 Å². The van der Waals surface area contributed by atoms with Crippen molar-refractivity contribution in [2.45, 2.75) is 13.0 Å². The molecular formula is C11H13NOS. The summed E-state index contributed by atoms with van der Waals surface area (Å²) in [7, 11) is 1.96. The van der Waals surface area contributed by atoms with Gasteiger partial charge < -0.3 is 9.73 Å². The van der Waals surface area contributed by atoms with E-state index in [0.29, 0.717) is 0 Å². The Morgan fingerprint density at radius 2 is 2.29 bits per heavy atom. The van der Waals surface area contributed by atoms with E-state index in [0.717, 1.165) is 0 Å². The molecule has 1 unspecified atom stereocenters. The monoisotopic (exact) mass is 207 g/mol. The van der Waals surface area contributed by atoms with Crippen LogP contribution in [0.2, 0.25) is 0 Å². The van der Waals surface area contributed by atoms with Crippen molar-refractivity contribution in [3.8, 4) is 0 Å². The van der Waals surface area contributed by atoms with Gasteiger partial charge in [-0.25, -0.2) is 0 Å². The van der Waals surface area contributed by atoms with E-state index in [1.807, 2.05) is 13.1 Å². The minimum atomic E-state index is 0.249. The van der Waals surface area contributed by atoms with Crippen LogP contribution in [0.4, 0.5) is 0 Å². The number of hydrogen-bond acceptors (Lipinski definition) is 3. The summed E-state index contributed by atoms with van der Waals surface area (Å²) in [5.74, 6) is 0. The van der Waals surface area contributed by atoms with E-state index >= 15 is 0 Å². The van der Waals surface area contributed by atoms with Crippen molar-refractivity contribution in [1.29, 1.82) is 0 Å². The lowest BCUT2D eigenvalue weighted by Gasteiger charge is -2.12. The van der Waals surface area contributed by atoms with Crippen molar-refractivity contribution in [1.82, 2.24) is 5.32 Å². The summed E-state index contributed by atoms with van der Waals surface area (Å²) >= 11 is 1.77. The molecule has 2 aromatic heterocycles. The quantitative estimate of drug-likeness (QED) is 0.837. The number of thiophene rings is 1. The van der Waals surface area contributed by atoms with Gasteiger partial charge in [0.1, 0.15) is 0 Å². The summed E-state index contributed by atoms with van der Waals surface area (Å²) in [4.78, 5) is 1.34. The second-order valence-electron chi connectivity index (χ2n) is 3.27. The van der Waals surface area contributed by atoms with Gasteiger partial charge >= 0.3 is 0 Å². The molecule has 2 nitrogen and oxygen atoms in total. The van der Waals surface area contributed by atoms with Gasteiger partial charge in [-0.3, -0.25) is 0 Å². The number of nitrogens with one attached hydrogen (secondary N) is 1. The Morgan fingerprint density at radius 3 is 2.79 bits per heavy atom. The molecule has 1 atom stereocenters. The minimum Gasteiger partial charge on any atom is -0.472 e. The predicted molar refractivity (Wildman–Crippen MR) is 58.7 cm³/mol. The Bertz CT molecular complexity index is 391. The molecule has 0 aromatic carbocycles. The van der Waals surface area contributed by atoms with E-state index in [4.69, 9.17) is 4.42 Å². The summed E-state index contributed by atoms with van der Waals surface area (Å²) in [6.45, 7) is 2.12. The second-order valence-corrected chi connectivity index (χ2v) is 4.38. The van der Waals surface area contributed by atoms with Crippen LogP contribution in [0.25, 0.3) is 0 Å². The zero-order chi connectivity index (χ0) is 9.97. The van der Waals surface area contributed by atoms with E-state index < -0.39 is 0 Å². The molecule has 0 spiro atoms. The van der Waals surface area contributed by atoms with Crippen molar-refractivity contribution in [3.63, 3.8) is 0 Å². The van der Waals surface area contributed by atoms with Crippen LogP contribution in [-0.2, 0) is 0 Å². The maximum absolute atomic E-state index is 5.09. The fourth-order valence-electron chi connectivity index (χ4n) is 1.58. The van der Waals surface area contributed by atoms with E-state index in [9.17, 15) is 0 Å². The molecule has 1 N–H and O–H groups in total. The van der Waals surface area contributed by atoms with Crippen molar-refractivity contribution in [2.75, 3.05) is 7.05 Å². The van der Waals surface area contributed by atoms with Gasteiger partial charge in [-0.2, -0.15) is 0 Å². The maximum Gasteiger partial charge on any atom is 0.0953 e. The molecule has 3 heteroatoms. The van der Waals surface area contributed by atoms with E-state index in [1.165, 1.54) is 16.0 Å². The van der Waals surface area contributed by atoms with Crippen molar-refractivity contribution in [2.24, 2.45) is 0 Å². The molecule has 0 amide bonds. The number of rotatable bonds is 3. The smallest absolute Gasteiger partial charge is 0.0953 e. The largest absolute Gasteiger partial charge is 0.472 e. The molecule has 0 aliphatic rings. The molecule has 0 aliphatic carbocycles.